The number of benzene rings is 1. The van der Waals surface area contributed by atoms with E-state index in [4.69, 9.17) is 10.5 Å². The summed E-state index contributed by atoms with van der Waals surface area (Å²) in [4.78, 5) is 6.78. The second-order valence-electron chi connectivity index (χ2n) is 3.19. The second kappa shape index (κ2) is 4.05. The van der Waals surface area contributed by atoms with Crippen LogP contribution in [0.1, 0.15) is 0 Å². The number of phenolic OH excluding ortho intramolecular Hbond substituents is 1. The van der Waals surface area contributed by atoms with E-state index in [9.17, 15) is 5.11 Å². The lowest BCUT2D eigenvalue weighted by molar-refractivity contribution is 0.373. The largest absolute Gasteiger partial charge is 0.504 e. The van der Waals surface area contributed by atoms with Crippen LogP contribution < -0.4 is 10.5 Å². The lowest BCUT2D eigenvalue weighted by Crippen LogP contribution is -1.88. The van der Waals surface area contributed by atoms with Crippen molar-refractivity contribution in [3.8, 4) is 22.8 Å². The molecule has 2 aromatic rings. The molecule has 0 spiro atoms. The van der Waals surface area contributed by atoms with E-state index in [0.717, 1.165) is 15.7 Å². The molecule has 0 aliphatic carbocycles. The summed E-state index contributed by atoms with van der Waals surface area (Å²) in [5.41, 5.74) is 6.98. The molecular weight excluding hydrogens is 274 g/mol. The van der Waals surface area contributed by atoms with Gasteiger partial charge in [0.15, 0.2) is 17.4 Å². The lowest BCUT2D eigenvalue weighted by Gasteiger charge is -2.07. The van der Waals surface area contributed by atoms with Crippen molar-refractivity contribution in [3.05, 3.63) is 22.8 Å². The van der Waals surface area contributed by atoms with E-state index in [-0.39, 0.29) is 5.75 Å². The molecule has 2 rings (SSSR count). The molecule has 1 aromatic heterocycles. The molecule has 84 valence electrons. The van der Waals surface area contributed by atoms with Crippen LogP contribution in [-0.4, -0.2) is 22.2 Å². The molecule has 0 saturated carbocycles. The monoisotopic (exact) mass is 283 g/mol. The van der Waals surface area contributed by atoms with Gasteiger partial charge in [0.2, 0.25) is 0 Å². The Balaban J connectivity index is 2.54. The number of halogens is 1. The number of methoxy groups -OCH3 is 1. The molecular formula is C10H10BrN3O2. The average molecular weight is 284 g/mol. The van der Waals surface area contributed by atoms with Crippen LogP contribution in [-0.2, 0) is 0 Å². The van der Waals surface area contributed by atoms with Crippen LogP contribution in [0.2, 0.25) is 0 Å². The van der Waals surface area contributed by atoms with Gasteiger partial charge in [-0.15, -0.1) is 0 Å². The summed E-state index contributed by atoms with van der Waals surface area (Å²) < 4.78 is 5.77. The Labute approximate surface area is 100 Å². The van der Waals surface area contributed by atoms with Crippen LogP contribution in [0.25, 0.3) is 11.3 Å². The molecule has 0 unspecified atom stereocenters. The first kappa shape index (κ1) is 10.8. The predicted octanol–water partition coefficient (Wildman–Crippen LogP) is 2.14. The Morgan fingerprint density at radius 3 is 2.81 bits per heavy atom. The molecule has 0 aliphatic rings. The van der Waals surface area contributed by atoms with Gasteiger partial charge in [0, 0.05) is 10.0 Å². The van der Waals surface area contributed by atoms with Crippen LogP contribution in [0.3, 0.4) is 0 Å². The summed E-state index contributed by atoms with van der Waals surface area (Å²) in [7, 11) is 1.50. The van der Waals surface area contributed by atoms with Crippen molar-refractivity contribution < 1.29 is 9.84 Å². The summed E-state index contributed by atoms with van der Waals surface area (Å²) in [6.45, 7) is 0. The molecule has 1 heterocycles. The SMILES string of the molecule is COc1cc(Br)c(-c2cnc(N)[nH]2)cc1O. The van der Waals surface area contributed by atoms with Crippen molar-refractivity contribution >= 4 is 21.9 Å². The summed E-state index contributed by atoms with van der Waals surface area (Å²) in [5, 5.41) is 9.67. The molecule has 16 heavy (non-hydrogen) atoms. The van der Waals surface area contributed by atoms with Crippen molar-refractivity contribution in [2.24, 2.45) is 0 Å². The predicted molar refractivity (Wildman–Crippen MR) is 64.4 cm³/mol. The van der Waals surface area contributed by atoms with Crippen LogP contribution in [0, 0.1) is 0 Å². The minimum atomic E-state index is 0.0638. The van der Waals surface area contributed by atoms with E-state index in [1.54, 1.807) is 18.3 Å². The number of phenols is 1. The number of nitrogens with one attached hydrogen (secondary N) is 1. The lowest BCUT2D eigenvalue weighted by atomic mass is 10.1. The highest BCUT2D eigenvalue weighted by molar-refractivity contribution is 9.10. The normalized spacial score (nSPS) is 10.4. The molecule has 0 saturated heterocycles. The number of H-pyrrole nitrogens is 1. The van der Waals surface area contributed by atoms with Gasteiger partial charge in [0.25, 0.3) is 0 Å². The molecule has 1 aromatic carbocycles. The van der Waals surface area contributed by atoms with Gasteiger partial charge in [-0.2, -0.15) is 0 Å². The zero-order valence-corrected chi connectivity index (χ0v) is 10.1. The van der Waals surface area contributed by atoms with Crippen LogP contribution in [0.4, 0.5) is 5.95 Å². The summed E-state index contributed by atoms with van der Waals surface area (Å²) in [5.74, 6) is 0.800. The Kier molecular flexibility index (Phi) is 2.74. The van der Waals surface area contributed by atoms with Crippen LogP contribution in [0.15, 0.2) is 22.8 Å². The smallest absolute Gasteiger partial charge is 0.197 e. The van der Waals surface area contributed by atoms with Crippen molar-refractivity contribution in [2.45, 2.75) is 0 Å². The van der Waals surface area contributed by atoms with E-state index >= 15 is 0 Å². The number of aromatic nitrogens is 2. The van der Waals surface area contributed by atoms with Crippen molar-refractivity contribution in [1.82, 2.24) is 9.97 Å². The zero-order chi connectivity index (χ0) is 11.7. The fraction of sp³-hybridized carbons (Fsp3) is 0.100. The van der Waals surface area contributed by atoms with Crippen molar-refractivity contribution in [1.29, 1.82) is 0 Å². The van der Waals surface area contributed by atoms with Gasteiger partial charge in [0.1, 0.15) is 0 Å². The highest BCUT2D eigenvalue weighted by Gasteiger charge is 2.11. The topological polar surface area (TPSA) is 84.2 Å². The number of aromatic amines is 1. The maximum Gasteiger partial charge on any atom is 0.197 e. The number of hydrogen-bond donors (Lipinski definition) is 3. The number of nitrogens with two attached hydrogens (primary N) is 1. The van der Waals surface area contributed by atoms with Crippen molar-refractivity contribution in [2.75, 3.05) is 12.8 Å². The number of ether oxygens (including phenoxy) is 1. The number of anilines is 1. The molecule has 0 bridgehead atoms. The molecule has 0 amide bonds. The number of rotatable bonds is 2. The summed E-state index contributed by atoms with van der Waals surface area (Å²) in [6.07, 6.45) is 1.60. The molecule has 0 aliphatic heterocycles. The first-order valence-corrected chi connectivity index (χ1v) is 5.28. The second-order valence-corrected chi connectivity index (χ2v) is 4.04. The highest BCUT2D eigenvalue weighted by atomic mass is 79.9. The fourth-order valence-corrected chi connectivity index (χ4v) is 1.92. The summed E-state index contributed by atoms with van der Waals surface area (Å²) >= 11 is 3.39. The summed E-state index contributed by atoms with van der Waals surface area (Å²) in [6, 6.07) is 3.26. The maximum atomic E-state index is 9.67. The highest BCUT2D eigenvalue weighted by Crippen LogP contribution is 2.37. The molecule has 6 heteroatoms. The minimum Gasteiger partial charge on any atom is -0.504 e. The van der Waals surface area contributed by atoms with Crippen LogP contribution in [0.5, 0.6) is 11.5 Å². The van der Waals surface area contributed by atoms with Gasteiger partial charge in [-0.3, -0.25) is 0 Å². The third-order valence-electron chi connectivity index (χ3n) is 2.15. The third kappa shape index (κ3) is 1.83. The van der Waals surface area contributed by atoms with E-state index in [1.807, 2.05) is 0 Å². The average Bonchev–Trinajstić information content (AvgIpc) is 2.67. The van der Waals surface area contributed by atoms with Crippen molar-refractivity contribution in [3.63, 3.8) is 0 Å². The van der Waals surface area contributed by atoms with Gasteiger partial charge < -0.3 is 20.6 Å². The number of aromatic hydroxyl groups is 1. The first-order valence-electron chi connectivity index (χ1n) is 4.49. The van der Waals surface area contributed by atoms with E-state index in [0.29, 0.717) is 11.7 Å². The molecule has 0 atom stereocenters. The Bertz CT molecular complexity index is 525. The zero-order valence-electron chi connectivity index (χ0n) is 8.49. The minimum absolute atomic E-state index is 0.0638. The van der Waals surface area contributed by atoms with Gasteiger partial charge in [-0.1, -0.05) is 0 Å². The number of hydrogen-bond acceptors (Lipinski definition) is 4. The quantitative estimate of drug-likeness (QED) is 0.788. The first-order chi connectivity index (χ1) is 7.61. The number of nitrogens with zero attached hydrogens (tertiary/aromatic N) is 1. The van der Waals surface area contributed by atoms with Gasteiger partial charge in [-0.05, 0) is 28.1 Å². The maximum absolute atomic E-state index is 9.67. The number of nitrogen functional groups attached to an aromatic ring is 1. The Morgan fingerprint density at radius 1 is 1.50 bits per heavy atom. The van der Waals surface area contributed by atoms with Gasteiger partial charge in [-0.25, -0.2) is 4.98 Å². The van der Waals surface area contributed by atoms with E-state index in [2.05, 4.69) is 25.9 Å². The van der Waals surface area contributed by atoms with E-state index < -0.39 is 0 Å². The van der Waals surface area contributed by atoms with Gasteiger partial charge in [0.05, 0.1) is 19.0 Å². The molecule has 0 fully saturated rings. The number of imidazole rings is 1. The Morgan fingerprint density at radius 2 is 2.25 bits per heavy atom. The molecule has 4 N–H and O–H groups in total. The van der Waals surface area contributed by atoms with Crippen LogP contribution >= 0.6 is 15.9 Å². The standard InChI is InChI=1S/C10H10BrN3O2/c1-16-9-3-6(11)5(2-8(9)15)7-4-13-10(12)14-7/h2-4,15H,1H3,(H3,12,13,14). The Hall–Kier alpha value is -1.69. The van der Waals surface area contributed by atoms with Gasteiger partial charge >= 0.3 is 0 Å². The molecule has 5 nitrogen and oxygen atoms in total. The fourth-order valence-electron chi connectivity index (χ4n) is 1.39. The molecule has 0 radical (unpaired) electrons. The van der Waals surface area contributed by atoms with E-state index in [1.165, 1.54) is 7.11 Å². The third-order valence-corrected chi connectivity index (χ3v) is 2.81.